The number of carbonyl (C=O) groups is 1. The molecule has 2 atom stereocenters. The van der Waals surface area contributed by atoms with Gasteiger partial charge in [0.1, 0.15) is 5.82 Å². The molecule has 0 aliphatic carbocycles. The Bertz CT molecular complexity index is 460. The van der Waals surface area contributed by atoms with E-state index in [1.807, 2.05) is 6.07 Å². The zero-order valence-electron chi connectivity index (χ0n) is 8.82. The number of benzene rings is 1. The van der Waals surface area contributed by atoms with Crippen LogP contribution in [0.15, 0.2) is 18.2 Å². The van der Waals surface area contributed by atoms with E-state index in [1.165, 1.54) is 6.07 Å². The van der Waals surface area contributed by atoms with Gasteiger partial charge in [-0.2, -0.15) is 0 Å². The lowest BCUT2D eigenvalue weighted by atomic mass is 9.90. The smallest absolute Gasteiger partial charge is 0.224 e. The maximum atomic E-state index is 13.8. The number of fused-ring (bicyclic) bond motifs is 3. The number of carbonyl (C=O) groups excluding carboxylic acids is 1. The van der Waals surface area contributed by atoms with Crippen molar-refractivity contribution in [1.29, 1.82) is 0 Å². The second kappa shape index (κ2) is 3.28. The lowest BCUT2D eigenvalue weighted by Crippen LogP contribution is -2.39. The number of hydrogen-bond donors (Lipinski definition) is 1. The average molecular weight is 220 g/mol. The Balaban J connectivity index is 2.15. The molecule has 2 aliphatic rings. The van der Waals surface area contributed by atoms with E-state index in [9.17, 15) is 9.18 Å². The van der Waals surface area contributed by atoms with Crippen molar-refractivity contribution < 1.29 is 9.18 Å². The molecular formula is C12H13FN2O. The van der Waals surface area contributed by atoms with Crippen LogP contribution in [-0.2, 0) is 11.2 Å². The number of hydrogen-bond acceptors (Lipinski definition) is 2. The van der Waals surface area contributed by atoms with E-state index < -0.39 is 0 Å². The molecule has 1 aromatic rings. The number of nitrogens with zero attached hydrogens (tertiary/aromatic N) is 1. The van der Waals surface area contributed by atoms with Crippen LogP contribution < -0.4 is 5.73 Å². The quantitative estimate of drug-likeness (QED) is 0.708. The van der Waals surface area contributed by atoms with E-state index in [0.29, 0.717) is 18.5 Å². The molecule has 84 valence electrons. The van der Waals surface area contributed by atoms with Gasteiger partial charge in [0.25, 0.3) is 0 Å². The molecule has 1 saturated heterocycles. The minimum atomic E-state index is -0.275. The molecule has 1 aromatic carbocycles. The van der Waals surface area contributed by atoms with Gasteiger partial charge in [0, 0.05) is 24.6 Å². The van der Waals surface area contributed by atoms with Crippen LogP contribution in [0.2, 0.25) is 0 Å². The largest absolute Gasteiger partial charge is 0.334 e. The van der Waals surface area contributed by atoms with Gasteiger partial charge in [0.2, 0.25) is 5.91 Å². The summed E-state index contributed by atoms with van der Waals surface area (Å²) in [5.41, 5.74) is 7.56. The lowest BCUT2D eigenvalue weighted by molar-refractivity contribution is -0.129. The fraction of sp³-hybridized carbons (Fsp3) is 0.417. The second-order valence-electron chi connectivity index (χ2n) is 4.46. The highest BCUT2D eigenvalue weighted by molar-refractivity contribution is 5.81. The maximum Gasteiger partial charge on any atom is 0.224 e. The van der Waals surface area contributed by atoms with Gasteiger partial charge in [0.05, 0.1) is 6.04 Å². The second-order valence-corrected chi connectivity index (χ2v) is 4.46. The number of halogens is 1. The summed E-state index contributed by atoms with van der Waals surface area (Å²) < 4.78 is 13.8. The van der Waals surface area contributed by atoms with Crippen molar-refractivity contribution in [2.75, 3.05) is 6.54 Å². The van der Waals surface area contributed by atoms with Crippen molar-refractivity contribution in [3.8, 4) is 0 Å². The lowest BCUT2D eigenvalue weighted by Gasteiger charge is -2.33. The number of amides is 1. The molecule has 1 fully saturated rings. The molecule has 4 heteroatoms. The summed E-state index contributed by atoms with van der Waals surface area (Å²) in [5, 5.41) is 0. The predicted octanol–water partition coefficient (Wildman–Crippen LogP) is 0.982. The third-order valence-electron chi connectivity index (χ3n) is 3.53. The number of rotatable bonds is 0. The Labute approximate surface area is 93.0 Å². The van der Waals surface area contributed by atoms with E-state index in [-0.39, 0.29) is 23.8 Å². The van der Waals surface area contributed by atoms with E-state index in [0.717, 1.165) is 12.0 Å². The highest BCUT2D eigenvalue weighted by Crippen LogP contribution is 2.38. The van der Waals surface area contributed by atoms with Crippen molar-refractivity contribution in [2.45, 2.75) is 24.9 Å². The van der Waals surface area contributed by atoms with E-state index >= 15 is 0 Å². The monoisotopic (exact) mass is 220 g/mol. The highest BCUT2D eigenvalue weighted by atomic mass is 19.1. The molecule has 2 aliphatic heterocycles. The molecule has 0 spiro atoms. The minimum absolute atomic E-state index is 0.0476. The summed E-state index contributed by atoms with van der Waals surface area (Å²) >= 11 is 0. The highest BCUT2D eigenvalue weighted by Gasteiger charge is 2.42. The van der Waals surface area contributed by atoms with Crippen molar-refractivity contribution >= 4 is 5.91 Å². The van der Waals surface area contributed by atoms with Crippen molar-refractivity contribution in [1.82, 2.24) is 4.90 Å². The summed E-state index contributed by atoms with van der Waals surface area (Å²) in [7, 11) is 0. The standard InChI is InChI=1S/C12H13FN2O/c13-8-3-1-2-7-4-5-15-10(16)6-9(14)12(15)11(7)8/h1-3,9,12H,4-6,14H2. The molecule has 0 saturated carbocycles. The van der Waals surface area contributed by atoms with Gasteiger partial charge < -0.3 is 10.6 Å². The summed E-state index contributed by atoms with van der Waals surface area (Å²) in [6, 6.07) is 4.55. The van der Waals surface area contributed by atoms with Gasteiger partial charge in [-0.3, -0.25) is 4.79 Å². The van der Waals surface area contributed by atoms with Gasteiger partial charge in [-0.15, -0.1) is 0 Å². The zero-order valence-corrected chi connectivity index (χ0v) is 8.82. The SMILES string of the molecule is NC1CC(=O)N2CCc3cccc(F)c3C12. The predicted molar refractivity (Wildman–Crippen MR) is 57.2 cm³/mol. The van der Waals surface area contributed by atoms with E-state index in [1.54, 1.807) is 11.0 Å². The first-order chi connectivity index (χ1) is 7.68. The first-order valence-electron chi connectivity index (χ1n) is 5.51. The fourth-order valence-corrected chi connectivity index (χ4v) is 2.82. The molecular weight excluding hydrogens is 207 g/mol. The Morgan fingerprint density at radius 3 is 3.06 bits per heavy atom. The van der Waals surface area contributed by atoms with Crippen LogP contribution in [0.5, 0.6) is 0 Å². The normalized spacial score (nSPS) is 27.9. The molecule has 3 nitrogen and oxygen atoms in total. The molecule has 0 radical (unpaired) electrons. The van der Waals surface area contributed by atoms with Gasteiger partial charge in [-0.05, 0) is 18.1 Å². The molecule has 2 N–H and O–H groups in total. The van der Waals surface area contributed by atoms with Gasteiger partial charge in [-0.25, -0.2) is 4.39 Å². The van der Waals surface area contributed by atoms with Crippen molar-refractivity contribution in [3.05, 3.63) is 35.1 Å². The molecule has 2 heterocycles. The van der Waals surface area contributed by atoms with Crippen LogP contribution in [-0.4, -0.2) is 23.4 Å². The first kappa shape index (κ1) is 9.78. The van der Waals surface area contributed by atoms with Crippen LogP contribution in [0.25, 0.3) is 0 Å². The van der Waals surface area contributed by atoms with Gasteiger partial charge in [-0.1, -0.05) is 12.1 Å². The van der Waals surface area contributed by atoms with Crippen molar-refractivity contribution in [2.24, 2.45) is 5.73 Å². The Morgan fingerprint density at radius 2 is 2.25 bits per heavy atom. The molecule has 16 heavy (non-hydrogen) atoms. The van der Waals surface area contributed by atoms with Gasteiger partial charge >= 0.3 is 0 Å². The first-order valence-corrected chi connectivity index (χ1v) is 5.51. The summed E-state index contributed by atoms with van der Waals surface area (Å²) in [5.74, 6) is -0.191. The minimum Gasteiger partial charge on any atom is -0.334 e. The third kappa shape index (κ3) is 1.19. The third-order valence-corrected chi connectivity index (χ3v) is 3.53. The molecule has 0 aromatic heterocycles. The van der Waals surface area contributed by atoms with Crippen LogP contribution >= 0.6 is 0 Å². The van der Waals surface area contributed by atoms with Crippen LogP contribution in [0.3, 0.4) is 0 Å². The van der Waals surface area contributed by atoms with Crippen LogP contribution in [0.4, 0.5) is 4.39 Å². The Morgan fingerprint density at radius 1 is 1.44 bits per heavy atom. The summed E-state index contributed by atoms with van der Waals surface area (Å²) in [6.07, 6.45) is 1.06. The van der Waals surface area contributed by atoms with Crippen LogP contribution in [0, 0.1) is 5.82 Å². The maximum absolute atomic E-state index is 13.8. The fourth-order valence-electron chi connectivity index (χ4n) is 2.82. The van der Waals surface area contributed by atoms with E-state index in [4.69, 9.17) is 5.73 Å². The average Bonchev–Trinajstić information content (AvgIpc) is 2.55. The van der Waals surface area contributed by atoms with Crippen LogP contribution in [0.1, 0.15) is 23.6 Å². The molecule has 1 amide bonds. The molecule has 3 rings (SSSR count). The molecule has 2 unspecified atom stereocenters. The Hall–Kier alpha value is -1.42. The number of nitrogens with two attached hydrogens (primary N) is 1. The van der Waals surface area contributed by atoms with Gasteiger partial charge in [0.15, 0.2) is 0 Å². The zero-order chi connectivity index (χ0) is 11.3. The molecule has 0 bridgehead atoms. The summed E-state index contributed by atoms with van der Waals surface area (Å²) in [6.45, 7) is 0.660. The Kier molecular flexibility index (Phi) is 2.01. The topological polar surface area (TPSA) is 46.3 Å². The van der Waals surface area contributed by atoms with E-state index in [2.05, 4.69) is 0 Å². The van der Waals surface area contributed by atoms with Crippen molar-refractivity contribution in [3.63, 3.8) is 0 Å². The summed E-state index contributed by atoms with van der Waals surface area (Å²) in [4.78, 5) is 13.4.